The van der Waals surface area contributed by atoms with E-state index in [0.717, 1.165) is 42.9 Å². The summed E-state index contributed by atoms with van der Waals surface area (Å²) in [6, 6.07) is 8.33. The zero-order valence-corrected chi connectivity index (χ0v) is 16.8. The van der Waals surface area contributed by atoms with Gasteiger partial charge in [-0.15, -0.1) is 5.10 Å². The van der Waals surface area contributed by atoms with Gasteiger partial charge in [0.2, 0.25) is 5.89 Å². The lowest BCUT2D eigenvalue weighted by Gasteiger charge is -2.23. The van der Waals surface area contributed by atoms with Crippen molar-refractivity contribution in [2.75, 3.05) is 19.6 Å². The van der Waals surface area contributed by atoms with E-state index in [1.165, 1.54) is 5.56 Å². The van der Waals surface area contributed by atoms with Gasteiger partial charge in [-0.2, -0.15) is 0 Å². The van der Waals surface area contributed by atoms with Crippen LogP contribution in [0.3, 0.4) is 0 Å². The SMILES string of the molecule is Cc1ccc(-c2nc(CCNC(=O)c3nnn(C4CCNCC4)c3C)co2)cc1. The molecule has 0 atom stereocenters. The number of piperidine rings is 1. The number of nitrogens with zero attached hydrogens (tertiary/aromatic N) is 4. The van der Waals surface area contributed by atoms with Crippen molar-refractivity contribution < 1.29 is 9.21 Å². The smallest absolute Gasteiger partial charge is 0.273 e. The molecule has 1 fully saturated rings. The van der Waals surface area contributed by atoms with E-state index in [9.17, 15) is 4.79 Å². The second-order valence-electron chi connectivity index (χ2n) is 7.47. The molecule has 29 heavy (non-hydrogen) atoms. The zero-order valence-electron chi connectivity index (χ0n) is 16.8. The minimum Gasteiger partial charge on any atom is -0.444 e. The number of benzene rings is 1. The fourth-order valence-electron chi connectivity index (χ4n) is 3.59. The number of rotatable bonds is 6. The van der Waals surface area contributed by atoms with Gasteiger partial charge >= 0.3 is 0 Å². The summed E-state index contributed by atoms with van der Waals surface area (Å²) in [5, 5.41) is 14.6. The Morgan fingerprint density at radius 2 is 2.00 bits per heavy atom. The van der Waals surface area contributed by atoms with E-state index in [1.807, 2.05) is 42.8 Å². The molecule has 2 aromatic heterocycles. The molecule has 0 radical (unpaired) electrons. The van der Waals surface area contributed by atoms with Crippen molar-refractivity contribution in [3.63, 3.8) is 0 Å². The molecule has 1 aliphatic rings. The Hall–Kier alpha value is -3.00. The number of carbonyl (C=O) groups is 1. The van der Waals surface area contributed by atoms with Gasteiger partial charge < -0.3 is 15.1 Å². The molecule has 152 valence electrons. The van der Waals surface area contributed by atoms with Gasteiger partial charge in [-0.05, 0) is 51.9 Å². The quantitative estimate of drug-likeness (QED) is 0.666. The minimum atomic E-state index is -0.204. The molecular formula is C21H26N6O2. The van der Waals surface area contributed by atoms with E-state index in [0.29, 0.717) is 30.6 Å². The Balaban J connectivity index is 1.32. The van der Waals surface area contributed by atoms with Gasteiger partial charge in [0.15, 0.2) is 5.69 Å². The van der Waals surface area contributed by atoms with Crippen LogP contribution >= 0.6 is 0 Å². The van der Waals surface area contributed by atoms with Crippen LogP contribution in [-0.4, -0.2) is 45.5 Å². The lowest BCUT2D eigenvalue weighted by Crippen LogP contribution is -2.30. The van der Waals surface area contributed by atoms with Crippen LogP contribution in [-0.2, 0) is 6.42 Å². The molecule has 1 amide bonds. The molecule has 4 rings (SSSR count). The van der Waals surface area contributed by atoms with Gasteiger partial charge in [0.1, 0.15) is 6.26 Å². The summed E-state index contributed by atoms with van der Waals surface area (Å²) < 4.78 is 7.46. The molecule has 3 heterocycles. The fourth-order valence-corrected chi connectivity index (χ4v) is 3.59. The summed E-state index contributed by atoms with van der Waals surface area (Å²) >= 11 is 0. The highest BCUT2D eigenvalue weighted by Gasteiger charge is 2.22. The lowest BCUT2D eigenvalue weighted by molar-refractivity contribution is 0.0948. The van der Waals surface area contributed by atoms with E-state index in [-0.39, 0.29) is 5.91 Å². The van der Waals surface area contributed by atoms with Crippen LogP contribution < -0.4 is 10.6 Å². The first-order valence-electron chi connectivity index (χ1n) is 10.0. The second-order valence-corrected chi connectivity index (χ2v) is 7.47. The third-order valence-corrected chi connectivity index (χ3v) is 5.31. The number of oxazole rings is 1. The van der Waals surface area contributed by atoms with Crippen molar-refractivity contribution in [3.8, 4) is 11.5 Å². The lowest BCUT2D eigenvalue weighted by atomic mass is 10.1. The van der Waals surface area contributed by atoms with Crippen LogP contribution in [0, 0.1) is 13.8 Å². The first-order valence-corrected chi connectivity index (χ1v) is 10.0. The first kappa shape index (κ1) is 19.3. The van der Waals surface area contributed by atoms with Crippen LogP contribution in [0.4, 0.5) is 0 Å². The summed E-state index contributed by atoms with van der Waals surface area (Å²) in [7, 11) is 0. The van der Waals surface area contributed by atoms with Gasteiger partial charge in [0, 0.05) is 18.5 Å². The highest BCUT2D eigenvalue weighted by Crippen LogP contribution is 2.21. The second kappa shape index (κ2) is 8.57. The monoisotopic (exact) mass is 394 g/mol. The zero-order chi connectivity index (χ0) is 20.2. The number of amides is 1. The Labute approximate surface area is 169 Å². The van der Waals surface area contributed by atoms with Crippen molar-refractivity contribution in [1.29, 1.82) is 0 Å². The van der Waals surface area contributed by atoms with Crippen LogP contribution in [0.1, 0.15) is 46.3 Å². The fraction of sp³-hybridized carbons (Fsp3) is 0.429. The maximum Gasteiger partial charge on any atom is 0.273 e. The van der Waals surface area contributed by atoms with Crippen LogP contribution in [0.25, 0.3) is 11.5 Å². The third-order valence-electron chi connectivity index (χ3n) is 5.31. The third kappa shape index (κ3) is 4.37. The topological polar surface area (TPSA) is 97.9 Å². The van der Waals surface area contributed by atoms with Crippen molar-refractivity contribution in [2.45, 2.75) is 39.2 Å². The molecule has 1 aromatic carbocycles. The van der Waals surface area contributed by atoms with Crippen molar-refractivity contribution in [1.82, 2.24) is 30.6 Å². The van der Waals surface area contributed by atoms with E-state index in [4.69, 9.17) is 4.42 Å². The molecule has 0 saturated carbocycles. The van der Waals surface area contributed by atoms with Crippen molar-refractivity contribution in [2.24, 2.45) is 0 Å². The number of hydrogen-bond donors (Lipinski definition) is 2. The number of aryl methyl sites for hydroxylation is 1. The molecule has 0 spiro atoms. The summed E-state index contributed by atoms with van der Waals surface area (Å²) in [6.45, 7) is 6.34. The first-order chi connectivity index (χ1) is 14.1. The van der Waals surface area contributed by atoms with Gasteiger partial charge in [0.05, 0.1) is 17.4 Å². The minimum absolute atomic E-state index is 0.204. The summed E-state index contributed by atoms with van der Waals surface area (Å²) in [5.41, 5.74) is 4.14. The Bertz CT molecular complexity index is 969. The van der Waals surface area contributed by atoms with Crippen molar-refractivity contribution in [3.05, 3.63) is 53.2 Å². The van der Waals surface area contributed by atoms with Crippen LogP contribution in [0.2, 0.25) is 0 Å². The van der Waals surface area contributed by atoms with Crippen LogP contribution in [0.5, 0.6) is 0 Å². The number of carbonyl (C=O) groups excluding carboxylic acids is 1. The van der Waals surface area contributed by atoms with Crippen LogP contribution in [0.15, 0.2) is 34.9 Å². The Kier molecular flexibility index (Phi) is 5.71. The van der Waals surface area contributed by atoms with Gasteiger partial charge in [0.25, 0.3) is 5.91 Å². The molecule has 1 saturated heterocycles. The maximum atomic E-state index is 12.5. The van der Waals surface area contributed by atoms with Gasteiger partial charge in [-0.3, -0.25) is 4.79 Å². The Morgan fingerprint density at radius 1 is 1.24 bits per heavy atom. The van der Waals surface area contributed by atoms with E-state index in [1.54, 1.807) is 6.26 Å². The predicted molar refractivity (Wildman–Crippen MR) is 109 cm³/mol. The summed E-state index contributed by atoms with van der Waals surface area (Å²) in [6.07, 6.45) is 4.23. The largest absolute Gasteiger partial charge is 0.444 e. The molecule has 2 N–H and O–H groups in total. The molecule has 3 aromatic rings. The van der Waals surface area contributed by atoms with Crippen molar-refractivity contribution >= 4 is 5.91 Å². The average molecular weight is 394 g/mol. The van der Waals surface area contributed by atoms with Gasteiger partial charge in [-0.1, -0.05) is 22.9 Å². The maximum absolute atomic E-state index is 12.5. The number of nitrogens with one attached hydrogen (secondary N) is 2. The van der Waals surface area contributed by atoms with Gasteiger partial charge in [-0.25, -0.2) is 9.67 Å². The molecule has 1 aliphatic heterocycles. The molecule has 0 unspecified atom stereocenters. The number of aromatic nitrogens is 4. The van der Waals surface area contributed by atoms with E-state index >= 15 is 0 Å². The molecule has 8 nitrogen and oxygen atoms in total. The standard InChI is InChI=1S/C21H26N6O2/c1-14-3-5-16(6-4-14)21-24-17(13-29-21)7-12-23-20(28)19-15(2)27(26-25-19)18-8-10-22-11-9-18/h3-6,13,18,22H,7-12H2,1-2H3,(H,23,28). The highest BCUT2D eigenvalue weighted by molar-refractivity contribution is 5.93. The molecule has 0 aliphatic carbocycles. The number of hydrogen-bond acceptors (Lipinski definition) is 6. The molecule has 8 heteroatoms. The average Bonchev–Trinajstić information content (AvgIpc) is 3.36. The highest BCUT2D eigenvalue weighted by atomic mass is 16.3. The molecule has 0 bridgehead atoms. The normalized spacial score (nSPS) is 14.8. The predicted octanol–water partition coefficient (Wildman–Crippen LogP) is 2.45. The summed E-state index contributed by atoms with van der Waals surface area (Å²) in [4.78, 5) is 17.0. The molecular weight excluding hydrogens is 368 g/mol. The summed E-state index contributed by atoms with van der Waals surface area (Å²) in [5.74, 6) is 0.386. The van der Waals surface area contributed by atoms with E-state index in [2.05, 4.69) is 25.9 Å². The van der Waals surface area contributed by atoms with E-state index < -0.39 is 0 Å². The Morgan fingerprint density at radius 3 is 2.76 bits per heavy atom.